The van der Waals surface area contributed by atoms with E-state index in [4.69, 9.17) is 5.41 Å². The molecule has 58 valence electrons. The number of hydrogen-bond donors (Lipinski definition) is 1. The minimum atomic E-state index is -0.487. The molecule has 1 aromatic heterocycles. The third-order valence-electron chi connectivity index (χ3n) is 1.33. The minimum Gasteiger partial charge on any atom is -0.330 e. The molecule has 0 saturated carbocycles. The fourth-order valence-corrected chi connectivity index (χ4v) is 0.701. The van der Waals surface area contributed by atoms with E-state index in [0.29, 0.717) is 0 Å². The van der Waals surface area contributed by atoms with Crippen molar-refractivity contribution in [3.05, 3.63) is 33.9 Å². The van der Waals surface area contributed by atoms with Gasteiger partial charge in [0.15, 0.2) is 0 Å². The van der Waals surface area contributed by atoms with Crippen molar-refractivity contribution in [1.82, 2.24) is 4.57 Å². The molecule has 0 radical (unpaired) electrons. The zero-order chi connectivity index (χ0) is 8.43. The van der Waals surface area contributed by atoms with E-state index in [2.05, 4.69) is 0 Å². The number of aryl methyl sites for hydroxylation is 1. The van der Waals surface area contributed by atoms with E-state index in [1.165, 1.54) is 22.9 Å². The number of rotatable bonds is 1. The summed E-state index contributed by atoms with van der Waals surface area (Å²) >= 11 is 0. The predicted molar refractivity (Wildman–Crippen MR) is 37.9 cm³/mol. The van der Waals surface area contributed by atoms with Crippen LogP contribution in [0, 0.1) is 15.5 Å². The number of nitro groups is 1. The lowest BCUT2D eigenvalue weighted by Crippen LogP contribution is -2.14. The quantitative estimate of drug-likeness (QED) is 0.469. The van der Waals surface area contributed by atoms with Crippen LogP contribution in [-0.2, 0) is 7.05 Å². The molecular weight excluding hydrogens is 146 g/mol. The van der Waals surface area contributed by atoms with Crippen molar-refractivity contribution >= 4 is 5.69 Å². The first-order chi connectivity index (χ1) is 5.11. The molecule has 0 spiro atoms. The molecule has 0 aliphatic heterocycles. The topological polar surface area (TPSA) is 71.9 Å². The highest BCUT2D eigenvalue weighted by molar-refractivity contribution is 5.24. The van der Waals surface area contributed by atoms with E-state index in [0.717, 1.165) is 0 Å². The van der Waals surface area contributed by atoms with Crippen molar-refractivity contribution in [2.24, 2.45) is 7.05 Å². The van der Waals surface area contributed by atoms with Crippen LogP contribution in [0.25, 0.3) is 0 Å². The van der Waals surface area contributed by atoms with Crippen LogP contribution in [0.15, 0.2) is 18.3 Å². The van der Waals surface area contributed by atoms with Crippen LogP contribution >= 0.6 is 0 Å². The lowest BCUT2D eigenvalue weighted by Gasteiger charge is -1.96. The molecule has 1 aromatic rings. The van der Waals surface area contributed by atoms with Gasteiger partial charge in [-0.05, 0) is 6.07 Å². The highest BCUT2D eigenvalue weighted by Gasteiger charge is 2.03. The van der Waals surface area contributed by atoms with Gasteiger partial charge in [0.25, 0.3) is 5.69 Å². The number of nitrogens with one attached hydrogen (secondary N) is 1. The van der Waals surface area contributed by atoms with Crippen molar-refractivity contribution in [2.75, 3.05) is 0 Å². The molecule has 1 N–H and O–H groups in total. The van der Waals surface area contributed by atoms with E-state index in [-0.39, 0.29) is 11.2 Å². The molecule has 0 amide bonds. The third-order valence-corrected chi connectivity index (χ3v) is 1.33. The second-order valence-corrected chi connectivity index (χ2v) is 2.14. The van der Waals surface area contributed by atoms with Crippen molar-refractivity contribution in [3.8, 4) is 0 Å². The first-order valence-electron chi connectivity index (χ1n) is 2.97. The van der Waals surface area contributed by atoms with Gasteiger partial charge in [0.05, 0.1) is 11.1 Å². The highest BCUT2D eigenvalue weighted by Crippen LogP contribution is 2.04. The molecule has 0 aromatic carbocycles. The maximum Gasteiger partial charge on any atom is 0.285 e. The zero-order valence-corrected chi connectivity index (χ0v) is 5.94. The molecule has 0 fully saturated rings. The van der Waals surface area contributed by atoms with Gasteiger partial charge in [0, 0.05) is 13.1 Å². The van der Waals surface area contributed by atoms with Gasteiger partial charge in [-0.25, -0.2) is 0 Å². The Kier molecular flexibility index (Phi) is 1.72. The molecule has 0 atom stereocenters. The van der Waals surface area contributed by atoms with Gasteiger partial charge >= 0.3 is 0 Å². The van der Waals surface area contributed by atoms with Crippen LogP contribution in [0.5, 0.6) is 0 Å². The van der Waals surface area contributed by atoms with Gasteiger partial charge in [0.2, 0.25) is 0 Å². The lowest BCUT2D eigenvalue weighted by atomic mass is 10.4. The Morgan fingerprint density at radius 1 is 1.64 bits per heavy atom. The summed E-state index contributed by atoms with van der Waals surface area (Å²) in [4.78, 5) is 9.71. The number of nitrogens with zero attached hydrogens (tertiary/aromatic N) is 2. The molecule has 0 aliphatic carbocycles. The van der Waals surface area contributed by atoms with Gasteiger partial charge < -0.3 is 4.57 Å². The minimum absolute atomic E-state index is 0.00324. The summed E-state index contributed by atoms with van der Waals surface area (Å²) in [5, 5.41) is 17.4. The highest BCUT2D eigenvalue weighted by atomic mass is 16.6. The van der Waals surface area contributed by atoms with Gasteiger partial charge in [-0.2, -0.15) is 0 Å². The number of hydrogen-bond acceptors (Lipinski definition) is 3. The maximum absolute atomic E-state index is 10.2. The third kappa shape index (κ3) is 1.43. The van der Waals surface area contributed by atoms with Crippen molar-refractivity contribution in [2.45, 2.75) is 0 Å². The molecule has 0 unspecified atom stereocenters. The largest absolute Gasteiger partial charge is 0.330 e. The Bertz CT molecular complexity index is 342. The SMILES string of the molecule is Cn1cc([N+](=O)[O-])ccc1=N. The van der Waals surface area contributed by atoms with Crippen molar-refractivity contribution < 1.29 is 4.92 Å². The van der Waals surface area contributed by atoms with Gasteiger partial charge in [-0.15, -0.1) is 0 Å². The van der Waals surface area contributed by atoms with Gasteiger partial charge in [-0.3, -0.25) is 15.5 Å². The van der Waals surface area contributed by atoms with E-state index in [9.17, 15) is 10.1 Å². The Labute approximate surface area is 62.6 Å². The van der Waals surface area contributed by atoms with E-state index in [1.807, 2.05) is 0 Å². The molecule has 1 heterocycles. The number of pyridine rings is 1. The molecule has 0 saturated heterocycles. The smallest absolute Gasteiger partial charge is 0.285 e. The summed E-state index contributed by atoms with van der Waals surface area (Å²) in [6.45, 7) is 0. The lowest BCUT2D eigenvalue weighted by molar-refractivity contribution is -0.385. The average Bonchev–Trinajstić information content (AvgIpc) is 1.94. The van der Waals surface area contributed by atoms with Crippen LogP contribution in [0.2, 0.25) is 0 Å². The Balaban J connectivity index is 3.26. The first kappa shape index (κ1) is 7.46. The summed E-state index contributed by atoms with van der Waals surface area (Å²) in [5.41, 5.74) is 0.249. The fraction of sp³-hybridized carbons (Fsp3) is 0.167. The van der Waals surface area contributed by atoms with Crippen LogP contribution < -0.4 is 5.49 Å². The van der Waals surface area contributed by atoms with Crippen LogP contribution in [0.3, 0.4) is 0 Å². The average molecular weight is 153 g/mol. The Morgan fingerprint density at radius 2 is 2.27 bits per heavy atom. The summed E-state index contributed by atoms with van der Waals surface area (Å²) in [7, 11) is 1.59. The summed E-state index contributed by atoms with van der Waals surface area (Å²) in [6, 6.07) is 2.69. The Hall–Kier alpha value is -1.65. The second kappa shape index (κ2) is 2.53. The van der Waals surface area contributed by atoms with E-state index >= 15 is 0 Å². The molecule has 5 heteroatoms. The standard InChI is InChI=1S/C6H7N3O2/c1-8-4-5(9(10)11)2-3-6(8)7/h2-4,7H,1H3. The van der Waals surface area contributed by atoms with Crippen LogP contribution in [-0.4, -0.2) is 9.49 Å². The fourth-order valence-electron chi connectivity index (χ4n) is 0.701. The summed E-state index contributed by atoms with van der Waals surface area (Å²) < 4.78 is 1.39. The van der Waals surface area contributed by atoms with Crippen molar-refractivity contribution in [1.29, 1.82) is 5.41 Å². The van der Waals surface area contributed by atoms with Crippen LogP contribution in [0.4, 0.5) is 5.69 Å². The summed E-state index contributed by atoms with van der Waals surface area (Å²) in [5.74, 6) is 0. The summed E-state index contributed by atoms with van der Waals surface area (Å²) in [6.07, 6.45) is 1.31. The molecular formula is C6H7N3O2. The maximum atomic E-state index is 10.2. The van der Waals surface area contributed by atoms with Gasteiger partial charge in [0.1, 0.15) is 5.49 Å². The molecule has 1 rings (SSSR count). The zero-order valence-electron chi connectivity index (χ0n) is 5.94. The molecule has 5 nitrogen and oxygen atoms in total. The molecule has 11 heavy (non-hydrogen) atoms. The Morgan fingerprint density at radius 3 is 2.73 bits per heavy atom. The monoisotopic (exact) mass is 153 g/mol. The molecule has 0 aliphatic rings. The number of aromatic nitrogens is 1. The second-order valence-electron chi connectivity index (χ2n) is 2.14. The van der Waals surface area contributed by atoms with E-state index < -0.39 is 4.92 Å². The first-order valence-corrected chi connectivity index (χ1v) is 2.97. The normalized spacial score (nSPS) is 9.55. The predicted octanol–water partition coefficient (Wildman–Crippen LogP) is 0.413. The van der Waals surface area contributed by atoms with E-state index in [1.54, 1.807) is 7.05 Å². The molecule has 0 bridgehead atoms. The van der Waals surface area contributed by atoms with Crippen LogP contribution in [0.1, 0.15) is 0 Å². The van der Waals surface area contributed by atoms with Crippen molar-refractivity contribution in [3.63, 3.8) is 0 Å². The van der Waals surface area contributed by atoms with Gasteiger partial charge in [-0.1, -0.05) is 0 Å².